The quantitative estimate of drug-likeness (QED) is 0.206. The Hall–Kier alpha value is -1.43. The summed E-state index contributed by atoms with van der Waals surface area (Å²) in [5.41, 5.74) is 0. The van der Waals surface area contributed by atoms with Gasteiger partial charge < -0.3 is 30.0 Å². The van der Waals surface area contributed by atoms with Gasteiger partial charge in [0.25, 0.3) is 0 Å². The van der Waals surface area contributed by atoms with Crippen LogP contribution in [-0.2, 0) is 0 Å². The Labute approximate surface area is 190 Å². The predicted octanol–water partition coefficient (Wildman–Crippen LogP) is 3.42. The lowest BCUT2D eigenvalue weighted by molar-refractivity contribution is 0.173. The van der Waals surface area contributed by atoms with Crippen LogP contribution >= 0.6 is 46.9 Å². The van der Waals surface area contributed by atoms with Gasteiger partial charge in [0.15, 0.2) is 17.5 Å². The third-order valence-corrected chi connectivity index (χ3v) is 5.03. The van der Waals surface area contributed by atoms with E-state index < -0.39 is 6.10 Å². The molecule has 7 nitrogen and oxygen atoms in total. The second-order valence-corrected chi connectivity index (χ2v) is 7.41. The number of rotatable bonds is 8. The Morgan fingerprint density at radius 1 is 1.29 bits per heavy atom. The van der Waals surface area contributed by atoms with Gasteiger partial charge in [0.2, 0.25) is 6.79 Å². The van der Waals surface area contributed by atoms with Crippen LogP contribution in [0.25, 0.3) is 0 Å². The van der Waals surface area contributed by atoms with Crippen LogP contribution in [0, 0.1) is 0 Å². The molecule has 0 saturated heterocycles. The molecule has 1 unspecified atom stereocenters. The first kappa shape index (κ1) is 22.9. The van der Waals surface area contributed by atoms with Gasteiger partial charge in [0, 0.05) is 17.5 Å². The summed E-state index contributed by atoms with van der Waals surface area (Å²) in [6, 6.07) is 9.06. The molecule has 0 saturated carbocycles. The fourth-order valence-electron chi connectivity index (χ4n) is 2.42. The van der Waals surface area contributed by atoms with Crippen molar-refractivity contribution in [3.05, 3.63) is 39.5 Å². The molecule has 0 amide bonds. The molecule has 28 heavy (non-hydrogen) atoms. The molecule has 0 radical (unpaired) electrons. The molecular weight excluding hydrogens is 517 g/mol. The maximum Gasteiger partial charge on any atom is 0.231 e. The first-order valence-corrected chi connectivity index (χ1v) is 9.83. The summed E-state index contributed by atoms with van der Waals surface area (Å²) in [5.74, 6) is 2.76. The van der Waals surface area contributed by atoms with E-state index in [-0.39, 0.29) is 37.3 Å². The van der Waals surface area contributed by atoms with Crippen molar-refractivity contribution in [1.82, 2.24) is 10.6 Å². The number of aliphatic hydroxyl groups excluding tert-OH is 1. The molecule has 0 aliphatic carbocycles. The molecule has 1 aliphatic rings. The van der Waals surface area contributed by atoms with E-state index in [1.807, 2.05) is 31.2 Å². The second kappa shape index (κ2) is 11.5. The Balaban J connectivity index is 0.00000280. The van der Waals surface area contributed by atoms with Crippen LogP contribution in [0.1, 0.15) is 17.9 Å². The molecule has 10 heteroatoms. The molecule has 0 spiro atoms. The van der Waals surface area contributed by atoms with Crippen molar-refractivity contribution in [1.29, 1.82) is 0 Å². The summed E-state index contributed by atoms with van der Waals surface area (Å²) >= 11 is 7.26. The number of fused-ring (bicyclic) bond motifs is 1. The molecule has 1 atom stereocenters. The second-order valence-electron chi connectivity index (χ2n) is 5.67. The summed E-state index contributed by atoms with van der Waals surface area (Å²) in [4.78, 5) is 5.20. The van der Waals surface area contributed by atoms with Gasteiger partial charge in [-0.2, -0.15) is 0 Å². The van der Waals surface area contributed by atoms with Crippen LogP contribution in [0.4, 0.5) is 0 Å². The van der Waals surface area contributed by atoms with Crippen molar-refractivity contribution < 1.29 is 19.3 Å². The summed E-state index contributed by atoms with van der Waals surface area (Å²) < 4.78 is 17.0. The smallest absolute Gasteiger partial charge is 0.231 e. The fourth-order valence-corrected chi connectivity index (χ4v) is 3.46. The number of nitrogens with one attached hydrogen (secondary N) is 2. The highest BCUT2D eigenvalue weighted by Gasteiger charge is 2.13. The van der Waals surface area contributed by atoms with E-state index in [1.165, 1.54) is 11.3 Å². The SMILES string of the molecule is CCNC(=NCC(O)c1ccc(Cl)s1)NCCOc1ccc2c(c1)OCO2.I. The standard InChI is InChI=1S/C18H22ClN3O4S.HI/c1-2-20-18(22-10-13(23)16-5-6-17(19)27-16)21-7-8-24-12-3-4-14-15(9-12)26-11-25-14;/h3-6,9,13,23H,2,7-8,10-11H2,1H3,(H2,20,21,22);1H. The highest BCUT2D eigenvalue weighted by molar-refractivity contribution is 14.0. The van der Waals surface area contributed by atoms with Gasteiger partial charge in [-0.05, 0) is 31.2 Å². The van der Waals surface area contributed by atoms with E-state index in [9.17, 15) is 5.11 Å². The normalized spacial score (nSPS) is 13.6. The molecule has 1 aliphatic heterocycles. The van der Waals surface area contributed by atoms with E-state index >= 15 is 0 Å². The van der Waals surface area contributed by atoms with Gasteiger partial charge in [-0.3, -0.25) is 4.99 Å². The molecule has 3 rings (SSSR count). The number of hydrogen-bond acceptors (Lipinski definition) is 6. The summed E-state index contributed by atoms with van der Waals surface area (Å²) in [6.45, 7) is 4.20. The van der Waals surface area contributed by atoms with Crippen molar-refractivity contribution in [2.45, 2.75) is 13.0 Å². The maximum absolute atomic E-state index is 10.2. The average molecular weight is 540 g/mol. The maximum atomic E-state index is 10.2. The highest BCUT2D eigenvalue weighted by atomic mass is 127. The van der Waals surface area contributed by atoms with Crippen LogP contribution in [0.2, 0.25) is 4.34 Å². The predicted molar refractivity (Wildman–Crippen MR) is 122 cm³/mol. The molecule has 2 aromatic rings. The van der Waals surface area contributed by atoms with E-state index in [0.29, 0.717) is 34.9 Å². The van der Waals surface area contributed by atoms with E-state index in [4.69, 9.17) is 25.8 Å². The van der Waals surface area contributed by atoms with Gasteiger partial charge in [-0.25, -0.2) is 0 Å². The average Bonchev–Trinajstić information content (AvgIpc) is 3.31. The van der Waals surface area contributed by atoms with Crippen LogP contribution in [-0.4, -0.2) is 44.1 Å². The van der Waals surface area contributed by atoms with E-state index in [1.54, 1.807) is 6.07 Å². The van der Waals surface area contributed by atoms with Gasteiger partial charge in [0.1, 0.15) is 18.5 Å². The summed E-state index contributed by atoms with van der Waals surface area (Å²) in [7, 11) is 0. The first-order chi connectivity index (χ1) is 13.2. The van der Waals surface area contributed by atoms with Gasteiger partial charge >= 0.3 is 0 Å². The van der Waals surface area contributed by atoms with Gasteiger partial charge in [-0.1, -0.05) is 11.6 Å². The number of benzene rings is 1. The third-order valence-electron chi connectivity index (χ3n) is 3.70. The largest absolute Gasteiger partial charge is 0.492 e. The Morgan fingerprint density at radius 2 is 2.11 bits per heavy atom. The molecule has 154 valence electrons. The lowest BCUT2D eigenvalue weighted by atomic mass is 10.3. The molecule has 0 fully saturated rings. The monoisotopic (exact) mass is 539 g/mol. The minimum atomic E-state index is -0.678. The summed E-state index contributed by atoms with van der Waals surface area (Å²) in [6.07, 6.45) is -0.678. The van der Waals surface area contributed by atoms with Crippen molar-refractivity contribution in [2.75, 3.05) is 33.0 Å². The fraction of sp³-hybridized carbons (Fsp3) is 0.389. The molecule has 3 N–H and O–H groups in total. The summed E-state index contributed by atoms with van der Waals surface area (Å²) in [5, 5.41) is 16.5. The Kier molecular flexibility index (Phi) is 9.42. The minimum absolute atomic E-state index is 0. The van der Waals surface area contributed by atoms with Crippen molar-refractivity contribution in [3.8, 4) is 17.2 Å². The topological polar surface area (TPSA) is 84.3 Å². The molecule has 1 aromatic heterocycles. The van der Waals surface area contributed by atoms with Crippen molar-refractivity contribution in [2.24, 2.45) is 4.99 Å². The number of nitrogens with zero attached hydrogens (tertiary/aromatic N) is 1. The third kappa shape index (κ3) is 6.57. The van der Waals surface area contributed by atoms with Crippen molar-refractivity contribution >= 4 is 52.9 Å². The van der Waals surface area contributed by atoms with E-state index in [2.05, 4.69) is 15.6 Å². The van der Waals surface area contributed by atoms with Gasteiger partial charge in [-0.15, -0.1) is 35.3 Å². The Bertz CT molecular complexity index is 790. The van der Waals surface area contributed by atoms with Gasteiger partial charge in [0.05, 0.1) is 17.4 Å². The lowest BCUT2D eigenvalue weighted by Gasteiger charge is -2.13. The molecule has 2 heterocycles. The van der Waals surface area contributed by atoms with Crippen LogP contribution in [0.15, 0.2) is 35.3 Å². The number of hydrogen-bond donors (Lipinski definition) is 3. The molecule has 0 bridgehead atoms. The van der Waals surface area contributed by atoms with Crippen LogP contribution < -0.4 is 24.8 Å². The van der Waals surface area contributed by atoms with Crippen LogP contribution in [0.3, 0.4) is 0 Å². The van der Waals surface area contributed by atoms with E-state index in [0.717, 1.165) is 17.2 Å². The van der Waals surface area contributed by atoms with Crippen LogP contribution in [0.5, 0.6) is 17.2 Å². The molecular formula is C18H23ClIN3O4S. The molecule has 1 aromatic carbocycles. The zero-order chi connectivity index (χ0) is 19.1. The Morgan fingerprint density at radius 3 is 2.86 bits per heavy atom. The number of halogens is 2. The number of aliphatic imine (C=N–C) groups is 1. The first-order valence-electron chi connectivity index (χ1n) is 8.63. The zero-order valence-electron chi connectivity index (χ0n) is 15.3. The number of thiophene rings is 1. The van der Waals surface area contributed by atoms with Crippen molar-refractivity contribution in [3.63, 3.8) is 0 Å². The number of aliphatic hydroxyl groups is 1. The lowest BCUT2D eigenvalue weighted by Crippen LogP contribution is -2.39. The zero-order valence-corrected chi connectivity index (χ0v) is 19.2. The number of guanidine groups is 1. The number of ether oxygens (including phenoxy) is 3. The minimum Gasteiger partial charge on any atom is -0.492 e. The highest BCUT2D eigenvalue weighted by Crippen LogP contribution is 2.35.